The van der Waals surface area contributed by atoms with Gasteiger partial charge in [0.05, 0.1) is 12.2 Å². The van der Waals surface area contributed by atoms with Gasteiger partial charge < -0.3 is 15.2 Å². The van der Waals surface area contributed by atoms with E-state index < -0.39 is 0 Å². The van der Waals surface area contributed by atoms with Crippen LogP contribution in [0.2, 0.25) is 0 Å². The van der Waals surface area contributed by atoms with E-state index in [4.69, 9.17) is 4.52 Å². The molecule has 29 heavy (non-hydrogen) atoms. The van der Waals surface area contributed by atoms with Crippen LogP contribution in [0.5, 0.6) is 0 Å². The van der Waals surface area contributed by atoms with Crippen LogP contribution in [-0.4, -0.2) is 42.2 Å². The first-order chi connectivity index (χ1) is 13.7. The first-order valence-electron chi connectivity index (χ1n) is 10.3. The molecule has 160 valence electrons. The zero-order valence-corrected chi connectivity index (χ0v) is 20.1. The Morgan fingerprint density at radius 2 is 2.03 bits per heavy atom. The number of halogens is 1. The van der Waals surface area contributed by atoms with Crippen molar-refractivity contribution in [3.8, 4) is 0 Å². The number of guanidine groups is 1. The van der Waals surface area contributed by atoms with Crippen molar-refractivity contribution < 1.29 is 4.52 Å². The maximum atomic E-state index is 5.40. The second-order valence-electron chi connectivity index (χ2n) is 7.79. The molecule has 1 aliphatic heterocycles. The van der Waals surface area contributed by atoms with Gasteiger partial charge in [-0.1, -0.05) is 55.8 Å². The predicted molar refractivity (Wildman–Crippen MR) is 129 cm³/mol. The van der Waals surface area contributed by atoms with Crippen molar-refractivity contribution >= 4 is 29.9 Å². The summed E-state index contributed by atoms with van der Waals surface area (Å²) in [6.07, 6.45) is 3.79. The van der Waals surface area contributed by atoms with E-state index in [1.807, 2.05) is 6.07 Å². The number of piperidine rings is 1. The van der Waals surface area contributed by atoms with E-state index >= 15 is 0 Å². The summed E-state index contributed by atoms with van der Waals surface area (Å²) in [6, 6.07) is 13.3. The monoisotopic (exact) mass is 511 g/mol. The largest absolute Gasteiger partial charge is 0.359 e. The third kappa shape index (κ3) is 7.29. The fraction of sp³-hybridized carbons (Fsp3) is 0.545. The SMILES string of the molecule is CN=C(NCc1cc(C(C)C)no1)NCC1CCCCN1Cc1ccccc1.I. The highest BCUT2D eigenvalue weighted by molar-refractivity contribution is 14.0. The molecule has 2 heterocycles. The molecular formula is C22H34IN5O. The van der Waals surface area contributed by atoms with Crippen LogP contribution in [0.25, 0.3) is 0 Å². The van der Waals surface area contributed by atoms with E-state index in [1.54, 1.807) is 7.05 Å². The van der Waals surface area contributed by atoms with Crippen molar-refractivity contribution in [3.05, 3.63) is 53.4 Å². The Labute approximate surface area is 191 Å². The maximum absolute atomic E-state index is 5.40. The van der Waals surface area contributed by atoms with Gasteiger partial charge >= 0.3 is 0 Å². The number of rotatable bonds is 7. The Kier molecular flexibility index (Phi) is 9.93. The van der Waals surface area contributed by atoms with Gasteiger partial charge in [0.2, 0.25) is 0 Å². The summed E-state index contributed by atoms with van der Waals surface area (Å²) >= 11 is 0. The zero-order valence-electron chi connectivity index (χ0n) is 17.7. The fourth-order valence-corrected chi connectivity index (χ4v) is 3.61. The van der Waals surface area contributed by atoms with Crippen LogP contribution in [0.15, 0.2) is 45.9 Å². The van der Waals surface area contributed by atoms with Gasteiger partial charge in [-0.3, -0.25) is 9.89 Å². The third-order valence-corrected chi connectivity index (χ3v) is 5.31. The lowest BCUT2D eigenvalue weighted by atomic mass is 10.0. The molecule has 1 saturated heterocycles. The van der Waals surface area contributed by atoms with Gasteiger partial charge in [0.1, 0.15) is 0 Å². The zero-order chi connectivity index (χ0) is 19.8. The summed E-state index contributed by atoms with van der Waals surface area (Å²) in [6.45, 7) is 7.86. The van der Waals surface area contributed by atoms with Crippen molar-refractivity contribution in [1.29, 1.82) is 0 Å². The molecule has 0 amide bonds. The average Bonchev–Trinajstić information content (AvgIpc) is 3.19. The van der Waals surface area contributed by atoms with Crippen LogP contribution in [0.4, 0.5) is 0 Å². The lowest BCUT2D eigenvalue weighted by Gasteiger charge is -2.36. The average molecular weight is 511 g/mol. The number of hydrogen-bond donors (Lipinski definition) is 2. The van der Waals surface area contributed by atoms with Crippen molar-refractivity contribution in [2.75, 3.05) is 20.1 Å². The Morgan fingerprint density at radius 3 is 2.72 bits per heavy atom. The van der Waals surface area contributed by atoms with E-state index in [-0.39, 0.29) is 24.0 Å². The highest BCUT2D eigenvalue weighted by Crippen LogP contribution is 2.19. The molecule has 7 heteroatoms. The van der Waals surface area contributed by atoms with Gasteiger partial charge in [-0.15, -0.1) is 24.0 Å². The second kappa shape index (κ2) is 12.2. The molecule has 1 fully saturated rings. The van der Waals surface area contributed by atoms with Crippen molar-refractivity contribution in [2.45, 2.75) is 58.2 Å². The predicted octanol–water partition coefficient (Wildman–Crippen LogP) is 4.14. The number of nitrogens with one attached hydrogen (secondary N) is 2. The smallest absolute Gasteiger partial charge is 0.191 e. The molecule has 0 saturated carbocycles. The topological polar surface area (TPSA) is 65.7 Å². The van der Waals surface area contributed by atoms with Crippen LogP contribution < -0.4 is 10.6 Å². The van der Waals surface area contributed by atoms with E-state index in [1.165, 1.54) is 24.8 Å². The molecule has 2 N–H and O–H groups in total. The number of nitrogens with zero attached hydrogens (tertiary/aromatic N) is 3. The summed E-state index contributed by atoms with van der Waals surface area (Å²) in [5.41, 5.74) is 2.36. The summed E-state index contributed by atoms with van der Waals surface area (Å²) in [5, 5.41) is 10.9. The first kappa shape index (κ1) is 23.7. The summed E-state index contributed by atoms with van der Waals surface area (Å²) in [7, 11) is 1.80. The number of likely N-dealkylation sites (tertiary alicyclic amines) is 1. The number of aromatic nitrogens is 1. The van der Waals surface area contributed by atoms with Crippen molar-refractivity contribution in [3.63, 3.8) is 0 Å². The maximum Gasteiger partial charge on any atom is 0.191 e. The number of benzene rings is 1. The Balaban J connectivity index is 0.00000300. The highest BCUT2D eigenvalue weighted by Gasteiger charge is 2.22. The highest BCUT2D eigenvalue weighted by atomic mass is 127. The molecule has 1 aliphatic rings. The minimum Gasteiger partial charge on any atom is -0.359 e. The molecular weight excluding hydrogens is 477 g/mol. The second-order valence-corrected chi connectivity index (χ2v) is 7.79. The molecule has 0 aliphatic carbocycles. The Morgan fingerprint density at radius 1 is 1.24 bits per heavy atom. The van der Waals surface area contributed by atoms with Gasteiger partial charge in [0.25, 0.3) is 0 Å². The molecule has 0 bridgehead atoms. The lowest BCUT2D eigenvalue weighted by molar-refractivity contribution is 0.141. The normalized spacial score (nSPS) is 17.8. The quantitative estimate of drug-likeness (QED) is 0.333. The summed E-state index contributed by atoms with van der Waals surface area (Å²) in [4.78, 5) is 6.94. The minimum absolute atomic E-state index is 0. The van der Waals surface area contributed by atoms with Gasteiger partial charge in [-0.05, 0) is 30.9 Å². The molecule has 2 aromatic rings. The molecule has 0 spiro atoms. The molecule has 0 radical (unpaired) electrons. The third-order valence-electron chi connectivity index (χ3n) is 5.31. The number of aliphatic imine (C=N–C) groups is 1. The Hall–Kier alpha value is -1.61. The van der Waals surface area contributed by atoms with Crippen LogP contribution in [-0.2, 0) is 13.1 Å². The van der Waals surface area contributed by atoms with Crippen LogP contribution in [0.3, 0.4) is 0 Å². The van der Waals surface area contributed by atoms with Crippen LogP contribution in [0.1, 0.15) is 56.0 Å². The molecule has 1 unspecified atom stereocenters. The van der Waals surface area contributed by atoms with Gasteiger partial charge in [0, 0.05) is 32.2 Å². The van der Waals surface area contributed by atoms with E-state index in [9.17, 15) is 0 Å². The molecule has 3 rings (SSSR count). The number of hydrogen-bond acceptors (Lipinski definition) is 4. The first-order valence-corrected chi connectivity index (χ1v) is 10.3. The molecule has 1 atom stereocenters. The van der Waals surface area contributed by atoms with Gasteiger partial charge in [0.15, 0.2) is 11.7 Å². The Bertz CT molecular complexity index is 747. The standard InChI is InChI=1S/C22H33N5O.HI/c1-17(2)21-13-20(28-26-21)15-25-22(23-3)24-14-19-11-7-8-12-27(19)16-18-9-5-4-6-10-18;/h4-6,9-10,13,17,19H,7-8,11-12,14-16H2,1-3H3,(H2,23,24,25);1H. The fourth-order valence-electron chi connectivity index (χ4n) is 3.61. The van der Waals surface area contributed by atoms with Crippen LogP contribution in [0, 0.1) is 0 Å². The summed E-state index contributed by atoms with van der Waals surface area (Å²) < 4.78 is 5.40. The molecule has 6 nitrogen and oxygen atoms in total. The minimum atomic E-state index is 0. The van der Waals surface area contributed by atoms with E-state index in [0.29, 0.717) is 18.5 Å². The molecule has 1 aromatic carbocycles. The lowest BCUT2D eigenvalue weighted by Crippen LogP contribution is -2.48. The van der Waals surface area contributed by atoms with Crippen LogP contribution >= 0.6 is 24.0 Å². The van der Waals surface area contributed by atoms with Gasteiger partial charge in [-0.2, -0.15) is 0 Å². The summed E-state index contributed by atoms with van der Waals surface area (Å²) in [5.74, 6) is 2.00. The van der Waals surface area contributed by atoms with Gasteiger partial charge in [-0.25, -0.2) is 0 Å². The van der Waals surface area contributed by atoms with Crippen molar-refractivity contribution in [1.82, 2.24) is 20.7 Å². The van der Waals surface area contributed by atoms with E-state index in [0.717, 1.165) is 37.0 Å². The van der Waals surface area contributed by atoms with E-state index in [2.05, 4.69) is 69.9 Å². The molecule has 1 aromatic heterocycles. The van der Waals surface area contributed by atoms with Crippen molar-refractivity contribution in [2.24, 2.45) is 4.99 Å².